The van der Waals surface area contributed by atoms with Crippen molar-refractivity contribution >= 4 is 22.5 Å². The minimum Gasteiger partial charge on any atom is -0.203 e. The van der Waals surface area contributed by atoms with E-state index >= 15 is 0 Å². The predicted octanol–water partition coefficient (Wildman–Crippen LogP) is 9.54. The van der Waals surface area contributed by atoms with E-state index in [9.17, 15) is 0 Å². The minimum absolute atomic E-state index is 0.224. The molecule has 0 amide bonds. The van der Waals surface area contributed by atoms with Crippen LogP contribution in [0.1, 0.15) is 22.3 Å². The Morgan fingerprint density at radius 3 is 1.16 bits per heavy atom. The molecule has 0 saturated carbocycles. The zero-order valence-electron chi connectivity index (χ0n) is 19.8. The summed E-state index contributed by atoms with van der Waals surface area (Å²) in [5.74, 6) is 0. The zero-order valence-corrected chi connectivity index (χ0v) is 24.8. The smallest absolute Gasteiger partial charge is 0.0623 e. The Kier molecular flexibility index (Phi) is 11.4. The fourth-order valence-electron chi connectivity index (χ4n) is 3.46. The average molecular weight is 559 g/mol. The molecule has 0 bridgehead atoms. The van der Waals surface area contributed by atoms with Gasteiger partial charge in [-0.2, -0.15) is 45.5 Å². The molecule has 168 valence electrons. The van der Waals surface area contributed by atoms with E-state index < -0.39 is 18.0 Å². The Balaban J connectivity index is 0.000000183. The molecule has 4 aromatic rings. The van der Waals surface area contributed by atoms with E-state index in [4.69, 9.17) is 17.0 Å². The first-order valence-electron chi connectivity index (χ1n) is 10.8. The number of benzene rings is 2. The quantitative estimate of drug-likeness (QED) is 0.170. The van der Waals surface area contributed by atoms with Gasteiger partial charge in [-0.15, -0.1) is 0 Å². The van der Waals surface area contributed by atoms with E-state index in [2.05, 4.69) is 126 Å². The van der Waals surface area contributed by atoms with Gasteiger partial charge in [0.1, 0.15) is 0 Å². The van der Waals surface area contributed by atoms with Crippen molar-refractivity contribution in [1.82, 2.24) is 0 Å². The summed E-state index contributed by atoms with van der Waals surface area (Å²) in [4.78, 5) is 0. The van der Waals surface area contributed by atoms with Gasteiger partial charge >= 0.3 is 53.5 Å². The SMILES string of the molecule is C[Si](C)=[Zr]([Cl])[Cl].Cc1cc(-c2ccccc2)c(C)[cH-]1.Cc1cc(-c2ccccc2)c(C)[cH-]1. The Labute approximate surface area is 209 Å². The fourth-order valence-corrected chi connectivity index (χ4v) is 3.46. The van der Waals surface area contributed by atoms with E-state index in [1.54, 1.807) is 0 Å². The van der Waals surface area contributed by atoms with Crippen molar-refractivity contribution in [3.8, 4) is 22.3 Å². The first kappa shape index (κ1) is 27.1. The number of hydrogen-bond donors (Lipinski definition) is 0. The summed E-state index contributed by atoms with van der Waals surface area (Å²) in [6, 6.07) is 30.0. The molecule has 0 aliphatic heterocycles. The van der Waals surface area contributed by atoms with Gasteiger partial charge in [0, 0.05) is 0 Å². The normalized spacial score (nSPS) is 9.88. The second-order valence-corrected chi connectivity index (χ2v) is 31.2. The van der Waals surface area contributed by atoms with E-state index in [1.807, 2.05) is 0 Å². The summed E-state index contributed by atoms with van der Waals surface area (Å²) in [7, 11) is 11.2. The number of halogens is 2. The van der Waals surface area contributed by atoms with Crippen molar-refractivity contribution in [3.05, 3.63) is 107 Å². The van der Waals surface area contributed by atoms with Crippen LogP contribution in [0.5, 0.6) is 0 Å². The molecular weight excluding hydrogens is 527 g/mol. The first-order valence-corrected chi connectivity index (χ1v) is 23.3. The molecule has 0 nitrogen and oxygen atoms in total. The molecule has 0 aliphatic carbocycles. The molecule has 0 aliphatic rings. The molecule has 0 atom stereocenters. The third kappa shape index (κ3) is 8.64. The second-order valence-electron chi connectivity index (χ2n) is 8.25. The van der Waals surface area contributed by atoms with E-state index in [0.29, 0.717) is 0 Å². The minimum atomic E-state index is -1.65. The van der Waals surface area contributed by atoms with Gasteiger partial charge in [0.2, 0.25) is 0 Å². The maximum atomic E-state index is 5.62. The van der Waals surface area contributed by atoms with Gasteiger partial charge in [0.05, 0.1) is 0 Å². The molecular formula is C28H32Cl2SiZr-2. The zero-order chi connectivity index (χ0) is 23.7. The molecule has 0 N–H and O–H groups in total. The topological polar surface area (TPSA) is 0 Å². The summed E-state index contributed by atoms with van der Waals surface area (Å²) in [5.41, 5.74) is 10.5. The summed E-state index contributed by atoms with van der Waals surface area (Å²) in [5, 5.41) is 0. The standard InChI is InChI=1S/2C13H13.C2H6Si.2ClH.Zr/c2*1-10-8-11(2)13(9-10)12-6-4-3-5-7-12;1-3-2;;;/h2*3-9H,1-2H3;1-2H3;2*1H;/q2*-1;;;;+2/p-2. The van der Waals surface area contributed by atoms with Crippen LogP contribution in [0.3, 0.4) is 0 Å². The van der Waals surface area contributed by atoms with Crippen molar-refractivity contribution < 1.29 is 18.0 Å². The van der Waals surface area contributed by atoms with Crippen LogP contribution in [-0.2, 0) is 18.0 Å². The number of hydrogen-bond acceptors (Lipinski definition) is 0. The predicted molar refractivity (Wildman–Crippen MR) is 143 cm³/mol. The van der Waals surface area contributed by atoms with Crippen LogP contribution in [-0.4, -0.2) is 5.43 Å². The van der Waals surface area contributed by atoms with Crippen molar-refractivity contribution in [2.75, 3.05) is 0 Å². The molecule has 0 fully saturated rings. The first-order chi connectivity index (χ1) is 15.2. The molecule has 4 rings (SSSR count). The number of aryl methyl sites for hydroxylation is 4. The molecule has 0 spiro atoms. The summed E-state index contributed by atoms with van der Waals surface area (Å²) >= 11 is -1.65. The Bertz CT molecular complexity index is 1040. The fraction of sp³-hybridized carbons (Fsp3) is 0.214. The van der Waals surface area contributed by atoms with Crippen molar-refractivity contribution in [3.63, 3.8) is 0 Å². The van der Waals surface area contributed by atoms with Gasteiger partial charge in [-0.05, 0) is 0 Å². The Morgan fingerprint density at radius 2 is 0.938 bits per heavy atom. The third-order valence-corrected chi connectivity index (χ3v) is 24.8. The van der Waals surface area contributed by atoms with Crippen LogP contribution >= 0.6 is 17.0 Å². The molecule has 0 aromatic heterocycles. The largest absolute Gasteiger partial charge is 0.203 e. The van der Waals surface area contributed by atoms with Crippen LogP contribution in [0, 0.1) is 27.7 Å². The second kappa shape index (κ2) is 13.5. The molecule has 0 radical (unpaired) electrons. The van der Waals surface area contributed by atoms with Gasteiger partial charge < -0.3 is 0 Å². The van der Waals surface area contributed by atoms with Gasteiger partial charge in [-0.1, -0.05) is 99.5 Å². The van der Waals surface area contributed by atoms with Gasteiger partial charge in [-0.25, -0.2) is 12.1 Å². The van der Waals surface area contributed by atoms with Crippen LogP contribution < -0.4 is 0 Å². The molecule has 0 heterocycles. The van der Waals surface area contributed by atoms with Crippen molar-refractivity contribution in [2.24, 2.45) is 0 Å². The third-order valence-electron chi connectivity index (χ3n) is 5.03. The average Bonchev–Trinajstić information content (AvgIpc) is 3.29. The van der Waals surface area contributed by atoms with Crippen LogP contribution in [0.4, 0.5) is 0 Å². The molecule has 0 unspecified atom stereocenters. The van der Waals surface area contributed by atoms with E-state index in [1.165, 1.54) is 44.5 Å². The molecule has 4 aromatic carbocycles. The van der Waals surface area contributed by atoms with Crippen molar-refractivity contribution in [2.45, 2.75) is 40.8 Å². The maximum Gasteiger partial charge on any atom is -0.0623 e. The van der Waals surface area contributed by atoms with Crippen LogP contribution in [0.2, 0.25) is 13.1 Å². The van der Waals surface area contributed by atoms with Crippen molar-refractivity contribution in [1.29, 1.82) is 0 Å². The summed E-state index contributed by atoms with van der Waals surface area (Å²) in [6.45, 7) is 12.9. The molecule has 0 saturated heterocycles. The van der Waals surface area contributed by atoms with Gasteiger partial charge in [-0.3, -0.25) is 0 Å². The van der Waals surface area contributed by atoms with Gasteiger partial charge in [0.15, 0.2) is 0 Å². The Hall–Kier alpha value is -1.18. The van der Waals surface area contributed by atoms with Gasteiger partial charge in [0.25, 0.3) is 0 Å². The van der Waals surface area contributed by atoms with E-state index in [0.717, 1.165) is 0 Å². The van der Waals surface area contributed by atoms with E-state index in [-0.39, 0.29) is 5.43 Å². The summed E-state index contributed by atoms with van der Waals surface area (Å²) in [6.07, 6.45) is 0. The monoisotopic (exact) mass is 556 g/mol. The molecule has 32 heavy (non-hydrogen) atoms. The maximum absolute atomic E-state index is 5.62. The van der Waals surface area contributed by atoms with Crippen LogP contribution in [0.15, 0.2) is 84.9 Å². The molecule has 4 heteroatoms. The number of rotatable bonds is 2. The summed E-state index contributed by atoms with van der Waals surface area (Å²) < 4.78 is 0. The van der Waals surface area contributed by atoms with Crippen LogP contribution in [0.25, 0.3) is 22.3 Å². The Morgan fingerprint density at radius 1 is 0.625 bits per heavy atom.